The van der Waals surface area contributed by atoms with E-state index >= 15 is 0 Å². The van der Waals surface area contributed by atoms with E-state index in [0.717, 1.165) is 11.5 Å². The Morgan fingerprint density at radius 2 is 1.67 bits per heavy atom. The minimum absolute atomic E-state index is 0.373. The van der Waals surface area contributed by atoms with Crippen molar-refractivity contribution in [3.8, 4) is 11.5 Å². The number of hydrogen-bond acceptors (Lipinski definition) is 2. The summed E-state index contributed by atoms with van der Waals surface area (Å²) in [6.45, 7) is 5.36. The van der Waals surface area contributed by atoms with Crippen LogP contribution in [0, 0.1) is 5.92 Å². The number of benzene rings is 1. The Labute approximate surface area is 96.2 Å². The van der Waals surface area contributed by atoms with E-state index in [1.807, 2.05) is 31.2 Å². The summed E-state index contributed by atoms with van der Waals surface area (Å²) in [5.74, 6) is 2.72. The van der Waals surface area contributed by atoms with Crippen molar-refractivity contribution in [2.45, 2.75) is 13.8 Å². The minimum Gasteiger partial charge on any atom is -0.494 e. The second-order valence-electron chi connectivity index (χ2n) is 3.47. The molecule has 2 nitrogen and oxygen atoms in total. The maximum Gasteiger partial charge on any atom is 0.119 e. The van der Waals surface area contributed by atoms with E-state index in [1.165, 1.54) is 0 Å². The molecule has 0 bridgehead atoms. The third kappa shape index (κ3) is 4.43. The summed E-state index contributed by atoms with van der Waals surface area (Å²) in [5.41, 5.74) is 0. The van der Waals surface area contributed by atoms with E-state index in [4.69, 9.17) is 21.1 Å². The van der Waals surface area contributed by atoms with Crippen LogP contribution in [0.15, 0.2) is 24.3 Å². The van der Waals surface area contributed by atoms with Gasteiger partial charge in [-0.05, 0) is 31.2 Å². The van der Waals surface area contributed by atoms with Crippen molar-refractivity contribution in [3.63, 3.8) is 0 Å². The first kappa shape index (κ1) is 12.2. The number of hydrogen-bond donors (Lipinski definition) is 0. The molecule has 0 spiro atoms. The number of halogens is 1. The molecule has 1 rings (SSSR count). The van der Waals surface area contributed by atoms with Crippen molar-refractivity contribution < 1.29 is 9.47 Å². The van der Waals surface area contributed by atoms with Crippen LogP contribution in [0.4, 0.5) is 0 Å². The molecule has 15 heavy (non-hydrogen) atoms. The maximum absolute atomic E-state index is 5.68. The van der Waals surface area contributed by atoms with Crippen molar-refractivity contribution in [2.24, 2.45) is 5.92 Å². The highest BCUT2D eigenvalue weighted by molar-refractivity contribution is 6.18. The smallest absolute Gasteiger partial charge is 0.119 e. The Morgan fingerprint density at radius 3 is 2.13 bits per heavy atom. The highest BCUT2D eigenvalue weighted by Gasteiger charge is 2.01. The van der Waals surface area contributed by atoms with Gasteiger partial charge in [-0.25, -0.2) is 0 Å². The van der Waals surface area contributed by atoms with Gasteiger partial charge >= 0.3 is 0 Å². The van der Waals surface area contributed by atoms with Crippen LogP contribution in [0.5, 0.6) is 11.5 Å². The highest BCUT2D eigenvalue weighted by Crippen LogP contribution is 2.18. The molecular formula is C12H17ClO2. The van der Waals surface area contributed by atoms with Gasteiger partial charge in [-0.3, -0.25) is 0 Å². The van der Waals surface area contributed by atoms with E-state index < -0.39 is 0 Å². The Hall–Kier alpha value is -0.890. The quantitative estimate of drug-likeness (QED) is 0.696. The molecule has 0 aliphatic carbocycles. The Balaban J connectivity index is 2.42. The number of alkyl halides is 1. The first-order valence-corrected chi connectivity index (χ1v) is 5.71. The molecular weight excluding hydrogens is 212 g/mol. The zero-order chi connectivity index (χ0) is 11.1. The van der Waals surface area contributed by atoms with Crippen molar-refractivity contribution in [1.29, 1.82) is 0 Å². The predicted molar refractivity (Wildman–Crippen MR) is 63.0 cm³/mol. The lowest BCUT2D eigenvalue weighted by Crippen LogP contribution is -2.09. The summed E-state index contributed by atoms with van der Waals surface area (Å²) >= 11 is 5.68. The van der Waals surface area contributed by atoms with Crippen molar-refractivity contribution >= 4 is 11.6 Å². The lowest BCUT2D eigenvalue weighted by Gasteiger charge is -2.10. The molecule has 0 heterocycles. The highest BCUT2D eigenvalue weighted by atomic mass is 35.5. The van der Waals surface area contributed by atoms with Crippen LogP contribution >= 0.6 is 11.6 Å². The lowest BCUT2D eigenvalue weighted by atomic mass is 10.2. The second-order valence-corrected chi connectivity index (χ2v) is 3.78. The second kappa shape index (κ2) is 6.57. The largest absolute Gasteiger partial charge is 0.494 e. The van der Waals surface area contributed by atoms with E-state index in [-0.39, 0.29) is 0 Å². The lowest BCUT2D eigenvalue weighted by molar-refractivity contribution is 0.272. The Bertz CT molecular complexity index is 271. The third-order valence-corrected chi connectivity index (χ3v) is 2.46. The normalized spacial score (nSPS) is 12.2. The summed E-state index contributed by atoms with van der Waals surface area (Å²) in [6.07, 6.45) is 0. The summed E-state index contributed by atoms with van der Waals surface area (Å²) in [6, 6.07) is 7.63. The predicted octanol–water partition coefficient (Wildman–Crippen LogP) is 3.34. The van der Waals surface area contributed by atoms with Gasteiger partial charge in [-0.15, -0.1) is 11.6 Å². The molecule has 0 fully saturated rings. The van der Waals surface area contributed by atoms with E-state index in [1.54, 1.807) is 0 Å². The van der Waals surface area contributed by atoms with Gasteiger partial charge in [0.2, 0.25) is 0 Å². The van der Waals surface area contributed by atoms with Gasteiger partial charge < -0.3 is 9.47 Å². The number of ether oxygens (including phenoxy) is 2. The van der Waals surface area contributed by atoms with Gasteiger partial charge in [0.05, 0.1) is 13.2 Å². The molecule has 0 aromatic heterocycles. The molecule has 0 aliphatic rings. The zero-order valence-electron chi connectivity index (χ0n) is 9.20. The van der Waals surface area contributed by atoms with Gasteiger partial charge in [-0.1, -0.05) is 6.92 Å². The minimum atomic E-state index is 0.373. The summed E-state index contributed by atoms with van der Waals surface area (Å²) in [7, 11) is 0. The average molecular weight is 229 g/mol. The fraction of sp³-hybridized carbons (Fsp3) is 0.500. The molecule has 0 aliphatic heterocycles. The van der Waals surface area contributed by atoms with Crippen LogP contribution in [0.25, 0.3) is 0 Å². The molecule has 84 valence electrons. The van der Waals surface area contributed by atoms with Gasteiger partial charge in [0, 0.05) is 11.8 Å². The average Bonchev–Trinajstić information content (AvgIpc) is 2.28. The molecule has 1 atom stereocenters. The zero-order valence-corrected chi connectivity index (χ0v) is 9.96. The SMILES string of the molecule is CCOc1ccc(OCC(C)CCl)cc1. The first-order valence-electron chi connectivity index (χ1n) is 5.18. The molecule has 1 unspecified atom stereocenters. The first-order chi connectivity index (χ1) is 7.26. The Morgan fingerprint density at radius 1 is 1.13 bits per heavy atom. The fourth-order valence-corrected chi connectivity index (χ4v) is 1.17. The molecule has 0 saturated heterocycles. The molecule has 0 saturated carbocycles. The van der Waals surface area contributed by atoms with Crippen LogP contribution in [-0.4, -0.2) is 19.1 Å². The van der Waals surface area contributed by atoms with Crippen molar-refractivity contribution in [1.82, 2.24) is 0 Å². The van der Waals surface area contributed by atoms with E-state index in [0.29, 0.717) is 25.0 Å². The summed E-state index contributed by atoms with van der Waals surface area (Å²) in [4.78, 5) is 0. The van der Waals surface area contributed by atoms with Crippen LogP contribution in [0.1, 0.15) is 13.8 Å². The molecule has 3 heteroatoms. The third-order valence-electron chi connectivity index (χ3n) is 1.93. The van der Waals surface area contributed by atoms with Crippen LogP contribution in [-0.2, 0) is 0 Å². The molecule has 0 radical (unpaired) electrons. The van der Waals surface area contributed by atoms with Gasteiger partial charge in [0.25, 0.3) is 0 Å². The van der Waals surface area contributed by atoms with Crippen LogP contribution in [0.2, 0.25) is 0 Å². The molecule has 0 amide bonds. The van der Waals surface area contributed by atoms with Crippen molar-refractivity contribution in [2.75, 3.05) is 19.1 Å². The van der Waals surface area contributed by atoms with Crippen molar-refractivity contribution in [3.05, 3.63) is 24.3 Å². The summed E-state index contributed by atoms with van der Waals surface area (Å²) < 4.78 is 10.9. The van der Waals surface area contributed by atoms with Crippen LogP contribution < -0.4 is 9.47 Å². The monoisotopic (exact) mass is 228 g/mol. The standard InChI is InChI=1S/C12H17ClO2/c1-3-14-11-4-6-12(7-5-11)15-9-10(2)8-13/h4-7,10H,3,8-9H2,1-2H3. The Kier molecular flexibility index (Phi) is 5.33. The number of rotatable bonds is 6. The topological polar surface area (TPSA) is 18.5 Å². The van der Waals surface area contributed by atoms with Gasteiger partial charge in [0.1, 0.15) is 11.5 Å². The maximum atomic E-state index is 5.68. The molecule has 1 aromatic rings. The molecule has 1 aromatic carbocycles. The van der Waals surface area contributed by atoms with Crippen LogP contribution in [0.3, 0.4) is 0 Å². The molecule has 0 N–H and O–H groups in total. The van der Waals surface area contributed by atoms with Gasteiger partial charge in [-0.2, -0.15) is 0 Å². The summed E-state index contributed by atoms with van der Waals surface area (Å²) in [5, 5.41) is 0. The van der Waals surface area contributed by atoms with Gasteiger partial charge in [0.15, 0.2) is 0 Å². The fourth-order valence-electron chi connectivity index (χ4n) is 1.08. The van der Waals surface area contributed by atoms with E-state index in [9.17, 15) is 0 Å². The van der Waals surface area contributed by atoms with E-state index in [2.05, 4.69) is 6.92 Å².